The van der Waals surface area contributed by atoms with Gasteiger partial charge in [0.2, 0.25) is 5.82 Å². The first-order valence-electron chi connectivity index (χ1n) is 14.4. The van der Waals surface area contributed by atoms with Crippen LogP contribution in [0.15, 0.2) is 118 Å². The molecule has 224 valence electrons. The van der Waals surface area contributed by atoms with Gasteiger partial charge in [-0.2, -0.15) is 9.78 Å². The molecule has 0 saturated carbocycles. The topological polar surface area (TPSA) is 116 Å². The average Bonchev–Trinajstić information content (AvgIpc) is 3.49. The quantitative estimate of drug-likeness (QED) is 0.125. The highest BCUT2D eigenvalue weighted by Gasteiger charge is 2.17. The molecule has 0 radical (unpaired) electrons. The number of nitrogens with zero attached hydrogens (tertiary/aromatic N) is 3. The van der Waals surface area contributed by atoms with E-state index in [9.17, 15) is 14.7 Å². The van der Waals surface area contributed by atoms with E-state index in [1.54, 1.807) is 48.7 Å². The first-order valence-corrected chi connectivity index (χ1v) is 14.4. The van der Waals surface area contributed by atoms with Gasteiger partial charge in [-0.15, -0.1) is 6.58 Å². The van der Waals surface area contributed by atoms with E-state index in [0.29, 0.717) is 52.3 Å². The average molecular weight is 600 g/mol. The molecule has 0 bridgehead atoms. The Kier molecular flexibility index (Phi) is 8.24. The molecular formula is C36H29N3O6. The van der Waals surface area contributed by atoms with Crippen molar-refractivity contribution in [2.24, 2.45) is 5.10 Å². The van der Waals surface area contributed by atoms with Crippen LogP contribution >= 0.6 is 0 Å². The van der Waals surface area contributed by atoms with Gasteiger partial charge in [0, 0.05) is 10.9 Å². The van der Waals surface area contributed by atoms with Gasteiger partial charge in [-0.05, 0) is 73.0 Å². The number of carbonyl (C=O) groups is 1. The van der Waals surface area contributed by atoms with Gasteiger partial charge in [-0.25, -0.2) is 9.78 Å². The van der Waals surface area contributed by atoms with Crippen molar-refractivity contribution in [3.63, 3.8) is 0 Å². The molecular weight excluding hydrogens is 570 g/mol. The fraction of sp³-hybridized carbons (Fsp3) is 0.111. The predicted octanol–water partition coefficient (Wildman–Crippen LogP) is 7.10. The maximum atomic E-state index is 13.7. The minimum atomic E-state index is -0.988. The van der Waals surface area contributed by atoms with Crippen LogP contribution in [0.4, 0.5) is 0 Å². The molecule has 9 nitrogen and oxygen atoms in total. The van der Waals surface area contributed by atoms with E-state index in [4.69, 9.17) is 18.9 Å². The van der Waals surface area contributed by atoms with Gasteiger partial charge in [0.25, 0.3) is 5.56 Å². The van der Waals surface area contributed by atoms with Gasteiger partial charge in [0.15, 0.2) is 17.3 Å². The number of benzene rings is 4. The second-order valence-electron chi connectivity index (χ2n) is 10.2. The molecule has 0 fully saturated rings. The summed E-state index contributed by atoms with van der Waals surface area (Å²) in [6.45, 7) is 6.37. The van der Waals surface area contributed by atoms with E-state index >= 15 is 0 Å². The molecule has 2 heterocycles. The monoisotopic (exact) mass is 599 g/mol. The normalized spacial score (nSPS) is 11.3. The molecule has 4 aromatic carbocycles. The zero-order chi connectivity index (χ0) is 31.3. The van der Waals surface area contributed by atoms with Crippen molar-refractivity contribution >= 4 is 34.1 Å². The minimum absolute atomic E-state index is 0.203. The number of para-hydroxylation sites is 2. The summed E-state index contributed by atoms with van der Waals surface area (Å²) in [6, 6.07) is 26.8. The molecule has 2 aromatic heterocycles. The third kappa shape index (κ3) is 6.09. The first kappa shape index (κ1) is 29.1. The maximum Gasteiger partial charge on any atom is 0.335 e. The Bertz CT molecular complexity index is 2090. The second kappa shape index (κ2) is 12.7. The summed E-state index contributed by atoms with van der Waals surface area (Å²) in [5.74, 6) is 0.749. The number of aromatic carboxylic acids is 1. The largest absolute Gasteiger partial charge is 0.490 e. The summed E-state index contributed by atoms with van der Waals surface area (Å²) < 4.78 is 19.5. The zero-order valence-corrected chi connectivity index (χ0v) is 24.5. The number of furan rings is 1. The Labute approximate surface area is 258 Å². The second-order valence-corrected chi connectivity index (χ2v) is 10.2. The smallest absolute Gasteiger partial charge is 0.335 e. The van der Waals surface area contributed by atoms with E-state index in [1.165, 1.54) is 16.8 Å². The summed E-state index contributed by atoms with van der Waals surface area (Å²) >= 11 is 0. The number of carboxylic acids is 1. The van der Waals surface area contributed by atoms with Crippen LogP contribution in [-0.4, -0.2) is 33.6 Å². The van der Waals surface area contributed by atoms with Crippen LogP contribution in [0.1, 0.15) is 34.0 Å². The lowest BCUT2D eigenvalue weighted by Gasteiger charge is -2.17. The van der Waals surface area contributed by atoms with Crippen molar-refractivity contribution in [1.82, 2.24) is 9.66 Å². The van der Waals surface area contributed by atoms with E-state index < -0.39 is 5.97 Å². The molecule has 0 aliphatic heterocycles. The Balaban J connectivity index is 1.40. The maximum absolute atomic E-state index is 13.7. The lowest BCUT2D eigenvalue weighted by atomic mass is 10.1. The zero-order valence-electron chi connectivity index (χ0n) is 24.5. The molecule has 0 amide bonds. The van der Waals surface area contributed by atoms with E-state index in [-0.39, 0.29) is 23.6 Å². The highest BCUT2D eigenvalue weighted by atomic mass is 16.5. The summed E-state index contributed by atoms with van der Waals surface area (Å²) in [5.41, 5.74) is 3.36. The first-order chi connectivity index (χ1) is 21.9. The van der Waals surface area contributed by atoms with Crippen LogP contribution in [0.5, 0.6) is 11.5 Å². The summed E-state index contributed by atoms with van der Waals surface area (Å²) in [7, 11) is 0. The SMILES string of the molecule is C=CCc1cc(C=Nn2c(-c3cc4ccccc4o3)nc3ccccc3c2=O)cc(OCC)c1OCc1ccc(C(=O)O)cc1. The molecule has 0 aliphatic rings. The van der Waals surface area contributed by atoms with Gasteiger partial charge in [-0.1, -0.05) is 48.5 Å². The standard InChI is InChI=1S/C36H29N3O6/c1-3-9-27-18-24(19-31(43-4-2)33(27)44-22-23-14-16-25(17-15-23)36(41)42)21-37-39-34(32-20-26-10-5-8-13-30(26)45-32)38-29-12-7-6-11-28(29)35(39)40/h3,5-8,10-21H,1,4,9,22H2,2H3,(H,41,42). The number of carboxylic acid groups (broad SMARTS) is 1. The number of fused-ring (bicyclic) bond motifs is 2. The molecule has 6 aromatic rings. The van der Waals surface area contributed by atoms with E-state index in [2.05, 4.69) is 11.7 Å². The molecule has 45 heavy (non-hydrogen) atoms. The highest BCUT2D eigenvalue weighted by molar-refractivity contribution is 5.87. The lowest BCUT2D eigenvalue weighted by molar-refractivity contribution is 0.0697. The molecule has 0 saturated heterocycles. The van der Waals surface area contributed by atoms with Crippen LogP contribution in [0.3, 0.4) is 0 Å². The van der Waals surface area contributed by atoms with Crippen molar-refractivity contribution in [3.8, 4) is 23.1 Å². The molecule has 0 spiro atoms. The summed E-state index contributed by atoms with van der Waals surface area (Å²) in [4.78, 5) is 29.7. The number of aromatic nitrogens is 2. The number of allylic oxidation sites excluding steroid dienone is 1. The van der Waals surface area contributed by atoms with Gasteiger partial charge in [0.1, 0.15) is 12.2 Å². The highest BCUT2D eigenvalue weighted by Crippen LogP contribution is 2.34. The Morgan fingerprint density at radius 1 is 1.02 bits per heavy atom. The van der Waals surface area contributed by atoms with E-state index in [0.717, 1.165) is 16.5 Å². The van der Waals surface area contributed by atoms with Crippen molar-refractivity contribution in [1.29, 1.82) is 0 Å². The van der Waals surface area contributed by atoms with Gasteiger partial charge >= 0.3 is 5.97 Å². The third-order valence-corrected chi connectivity index (χ3v) is 7.12. The molecule has 1 N–H and O–H groups in total. The summed E-state index contributed by atoms with van der Waals surface area (Å²) in [6.07, 6.45) is 3.82. The number of hydrogen-bond acceptors (Lipinski definition) is 7. The van der Waals surface area contributed by atoms with Crippen LogP contribution in [0.2, 0.25) is 0 Å². The number of ether oxygens (including phenoxy) is 2. The van der Waals surface area contributed by atoms with Crippen LogP contribution in [-0.2, 0) is 13.0 Å². The molecule has 0 atom stereocenters. The van der Waals surface area contributed by atoms with Crippen molar-refractivity contribution < 1.29 is 23.8 Å². The fourth-order valence-corrected chi connectivity index (χ4v) is 5.00. The Morgan fingerprint density at radius 2 is 1.80 bits per heavy atom. The lowest BCUT2D eigenvalue weighted by Crippen LogP contribution is -2.20. The van der Waals surface area contributed by atoms with Crippen molar-refractivity contribution in [2.45, 2.75) is 20.0 Å². The Morgan fingerprint density at radius 3 is 2.56 bits per heavy atom. The van der Waals surface area contributed by atoms with Crippen LogP contribution in [0.25, 0.3) is 33.5 Å². The fourth-order valence-electron chi connectivity index (χ4n) is 5.00. The van der Waals surface area contributed by atoms with Gasteiger partial charge in [0.05, 0.1) is 29.3 Å². The predicted molar refractivity (Wildman–Crippen MR) is 173 cm³/mol. The van der Waals surface area contributed by atoms with Crippen LogP contribution in [0, 0.1) is 0 Å². The Hall–Kier alpha value is -5.96. The number of rotatable bonds is 11. The molecule has 0 unspecified atom stereocenters. The summed E-state index contributed by atoms with van der Waals surface area (Å²) in [5, 5.41) is 15.1. The van der Waals surface area contributed by atoms with E-state index in [1.807, 2.05) is 49.4 Å². The third-order valence-electron chi connectivity index (χ3n) is 7.12. The van der Waals surface area contributed by atoms with Gasteiger partial charge < -0.3 is 19.0 Å². The van der Waals surface area contributed by atoms with Crippen LogP contribution < -0.4 is 15.0 Å². The molecule has 0 aliphatic carbocycles. The van der Waals surface area contributed by atoms with Crippen molar-refractivity contribution in [3.05, 3.63) is 136 Å². The number of hydrogen-bond donors (Lipinski definition) is 1. The molecule has 9 heteroatoms. The van der Waals surface area contributed by atoms with Gasteiger partial charge in [-0.3, -0.25) is 4.79 Å². The molecule has 6 rings (SSSR count). The van der Waals surface area contributed by atoms with Crippen molar-refractivity contribution in [2.75, 3.05) is 6.61 Å². The minimum Gasteiger partial charge on any atom is -0.490 e.